The SMILES string of the molecule is C=S(C)(=O)N1CCCC(CCc2nc3cc(C)c(C)cc3n2Cc2ccc(Cl)cc2)C1.CC(=O)N1CCCC(CCc2nc3cc(C)c(C)cc3n2Cc2ccc(Cl)cc2)C1.Cc1cc2nc(/C=C/c3occc3C)n(Cc3ccc(Cl)cc3)c2cc1C.Cc1cc2nc(CCC3CCCN3)n(Cc3ccc(Cl)cc3)c2cc1C. The predicted molar refractivity (Wildman–Crippen MR) is 478 cm³/mol. The molecule has 0 saturated carbocycles. The quantitative estimate of drug-likeness (QED) is 0.0745. The van der Waals surface area contributed by atoms with Gasteiger partial charge in [-0.1, -0.05) is 94.9 Å². The Bertz CT molecular complexity index is 5670. The van der Waals surface area contributed by atoms with E-state index in [1.807, 2.05) is 78.6 Å². The fourth-order valence-electron chi connectivity index (χ4n) is 16.1. The highest BCUT2D eigenvalue weighted by molar-refractivity contribution is 7.97. The molecule has 114 heavy (non-hydrogen) atoms. The summed E-state index contributed by atoms with van der Waals surface area (Å²) in [7, 11) is -2.12. The molecule has 0 bridgehead atoms. The highest BCUT2D eigenvalue weighted by Crippen LogP contribution is 2.32. The van der Waals surface area contributed by atoms with Crippen LogP contribution in [-0.4, -0.2) is 108 Å². The maximum Gasteiger partial charge on any atom is 0.219 e. The van der Waals surface area contributed by atoms with E-state index in [9.17, 15) is 9.00 Å². The monoisotopic (exact) mass is 1620 g/mol. The third-order valence-corrected chi connectivity index (χ3v) is 25.9. The molecule has 3 aliphatic rings. The van der Waals surface area contributed by atoms with E-state index >= 15 is 0 Å². The van der Waals surface area contributed by atoms with Gasteiger partial charge in [-0.25, -0.2) is 24.2 Å². The van der Waals surface area contributed by atoms with Gasteiger partial charge < -0.3 is 32.9 Å². The van der Waals surface area contributed by atoms with E-state index in [1.165, 1.54) is 115 Å². The number of benzene rings is 8. The van der Waals surface area contributed by atoms with Crippen LogP contribution < -0.4 is 5.32 Å². The van der Waals surface area contributed by atoms with Crippen molar-refractivity contribution in [2.24, 2.45) is 11.8 Å². The van der Waals surface area contributed by atoms with Gasteiger partial charge in [-0.2, -0.15) is 0 Å². The Kier molecular flexibility index (Phi) is 27.3. The van der Waals surface area contributed by atoms with Crippen LogP contribution in [0.2, 0.25) is 20.1 Å². The lowest BCUT2D eigenvalue weighted by atomic mass is 9.93. The summed E-state index contributed by atoms with van der Waals surface area (Å²) in [5.41, 5.74) is 25.2. The number of likely N-dealkylation sites (tertiary alicyclic amines) is 1. The third kappa shape index (κ3) is 21.1. The van der Waals surface area contributed by atoms with Gasteiger partial charge in [0.2, 0.25) is 5.91 Å². The summed E-state index contributed by atoms with van der Waals surface area (Å²) in [6.07, 6.45) is 20.7. The van der Waals surface area contributed by atoms with Crippen LogP contribution in [0.15, 0.2) is 162 Å². The van der Waals surface area contributed by atoms with Crippen LogP contribution in [-0.2, 0) is 59.9 Å². The highest BCUT2D eigenvalue weighted by atomic mass is 35.5. The Morgan fingerprint density at radius 1 is 0.465 bits per heavy atom. The fourth-order valence-corrected chi connectivity index (χ4v) is 17.6. The van der Waals surface area contributed by atoms with E-state index in [0.29, 0.717) is 17.9 Å². The molecule has 4 atom stereocenters. The van der Waals surface area contributed by atoms with Gasteiger partial charge in [-0.3, -0.25) is 9.00 Å². The van der Waals surface area contributed by atoms with Crippen molar-refractivity contribution < 1.29 is 13.4 Å². The average Bonchev–Trinajstić information content (AvgIpc) is 1.65. The van der Waals surface area contributed by atoms with Crippen molar-refractivity contribution in [3.63, 3.8) is 0 Å². The number of aryl methyl sites for hydroxylation is 12. The van der Waals surface area contributed by atoms with Crippen LogP contribution >= 0.6 is 46.4 Å². The minimum atomic E-state index is -2.12. The lowest BCUT2D eigenvalue weighted by Crippen LogP contribution is -2.39. The van der Waals surface area contributed by atoms with Gasteiger partial charge in [0.05, 0.1) is 50.4 Å². The van der Waals surface area contributed by atoms with Crippen molar-refractivity contribution in [2.75, 3.05) is 39.0 Å². The highest BCUT2D eigenvalue weighted by Gasteiger charge is 2.27. The lowest BCUT2D eigenvalue weighted by molar-refractivity contribution is -0.130. The Morgan fingerprint density at radius 3 is 1.21 bits per heavy atom. The van der Waals surface area contributed by atoms with Gasteiger partial charge in [0, 0.05) is 121 Å². The molecule has 1 N–H and O–H groups in total. The first-order valence-corrected chi connectivity index (χ1v) is 44.0. The predicted octanol–water partition coefficient (Wildman–Crippen LogP) is 22.3. The molecule has 3 saturated heterocycles. The van der Waals surface area contributed by atoms with Crippen molar-refractivity contribution in [1.82, 2.24) is 52.7 Å². The van der Waals surface area contributed by atoms with Crippen LogP contribution in [0, 0.1) is 74.1 Å². The summed E-state index contributed by atoms with van der Waals surface area (Å²) in [6.45, 7) is 28.7. The topological polar surface area (TPSA) is 137 Å². The van der Waals surface area contributed by atoms with Gasteiger partial charge in [0.1, 0.15) is 29.1 Å². The van der Waals surface area contributed by atoms with Crippen molar-refractivity contribution in [3.8, 4) is 0 Å². The number of nitrogens with zero attached hydrogens (tertiary/aromatic N) is 10. The van der Waals surface area contributed by atoms with Crippen molar-refractivity contribution in [3.05, 3.63) is 279 Å². The maximum atomic E-state index is 12.4. The molecule has 8 heterocycles. The number of halogens is 4. The number of carbonyl (C=O) groups excluding carboxylic acids is 1. The second-order valence-corrected chi connectivity index (χ2v) is 36.3. The van der Waals surface area contributed by atoms with Gasteiger partial charge >= 0.3 is 0 Å². The smallest absolute Gasteiger partial charge is 0.219 e. The van der Waals surface area contributed by atoms with Gasteiger partial charge in [0.25, 0.3) is 0 Å². The van der Waals surface area contributed by atoms with Crippen molar-refractivity contribution in [1.29, 1.82) is 0 Å². The lowest BCUT2D eigenvalue weighted by Gasteiger charge is -2.33. The summed E-state index contributed by atoms with van der Waals surface area (Å²) in [6, 6.07) is 52.6. The van der Waals surface area contributed by atoms with E-state index in [1.54, 1.807) is 19.4 Å². The van der Waals surface area contributed by atoms with E-state index in [4.69, 9.17) is 70.8 Å². The molecule has 14 nitrogen and oxygen atoms in total. The molecule has 19 heteroatoms. The van der Waals surface area contributed by atoms with E-state index in [0.717, 1.165) is 187 Å². The van der Waals surface area contributed by atoms with E-state index in [2.05, 4.69) is 186 Å². The van der Waals surface area contributed by atoms with E-state index < -0.39 is 9.71 Å². The van der Waals surface area contributed by atoms with E-state index in [-0.39, 0.29) is 5.91 Å². The number of nitrogens with one attached hydrogen (secondary N) is 1. The summed E-state index contributed by atoms with van der Waals surface area (Å²) >= 11 is 24.3. The van der Waals surface area contributed by atoms with Crippen molar-refractivity contribution >= 4 is 124 Å². The number of hydrogen-bond donors (Lipinski definition) is 1. The molecule has 16 rings (SSSR count). The molecule has 5 aromatic heterocycles. The van der Waals surface area contributed by atoms with Crippen LogP contribution in [0.5, 0.6) is 0 Å². The Balaban J connectivity index is 0.000000133. The number of imidazole rings is 4. The number of hydrogen-bond acceptors (Lipinski definition) is 8. The normalized spacial score (nSPS) is 16.5. The minimum Gasteiger partial charge on any atom is -0.465 e. The molecule has 8 aromatic carbocycles. The number of furan rings is 1. The number of piperidine rings is 2. The second kappa shape index (κ2) is 37.4. The fraction of sp³-hybridized carbons (Fsp3) is 0.368. The number of carbonyl (C=O) groups is 1. The Labute approximate surface area is 694 Å². The molecule has 0 aliphatic carbocycles. The average molecular weight is 1630 g/mol. The zero-order valence-electron chi connectivity index (χ0n) is 68.1. The molecule has 3 aliphatic heterocycles. The van der Waals surface area contributed by atoms with Crippen LogP contribution in [0.4, 0.5) is 0 Å². The summed E-state index contributed by atoms with van der Waals surface area (Å²) in [5, 5.41) is 6.64. The van der Waals surface area contributed by atoms with Crippen molar-refractivity contribution in [2.45, 2.75) is 179 Å². The van der Waals surface area contributed by atoms with Gasteiger partial charge in [-0.15, -0.1) is 0 Å². The molecule has 3 fully saturated rings. The standard InChI is InChI=1S/C25H32ClN3OS.C25H30ClN3O.C23H21ClN2O.C22H26ClN3/c1-18-14-23-24(15-19(18)2)29(17-21-7-10-22(26)11-8-21)25(27-23)12-9-20-6-5-13-28(16-20)31(3,4)30;1-17-13-23-24(14-18(17)2)29(16-21-6-9-22(26)10-7-21)25(27-23)11-8-20-5-4-12-28(15-20)19(3)30;1-15-10-11-27-22(15)8-9-23-25-20-12-16(2)17(3)13-21(20)26(23)14-18-4-6-19(24)7-5-18;1-15-12-20-21(13-16(15)2)26(14-17-5-7-18(23)8-6-17)22(25-20)10-9-19-4-3-11-24-19/h7-8,10-11,14-15,20H,3,5-6,9,12-13,16-17H2,1-2,4H3;6-7,9-10,13-14,20H,4-5,8,11-12,15-16H2,1-3H3;4-13H,14H2,1-3H3;5-8,12-13,19,24H,3-4,9-11,14H2,1-2H3/b;;9-8+;. The largest absolute Gasteiger partial charge is 0.465 e. The number of fused-ring (bicyclic) bond motifs is 4. The van der Waals surface area contributed by atoms with Crippen LogP contribution in [0.25, 0.3) is 56.3 Å². The van der Waals surface area contributed by atoms with Gasteiger partial charge in [-0.05, 0) is 332 Å². The van der Waals surface area contributed by atoms with Crippen LogP contribution in [0.1, 0.15) is 166 Å². The van der Waals surface area contributed by atoms with Gasteiger partial charge in [0.15, 0.2) is 0 Å². The number of amides is 1. The zero-order chi connectivity index (χ0) is 80.5. The second-order valence-electron chi connectivity index (χ2n) is 32.1. The van der Waals surface area contributed by atoms with Crippen LogP contribution in [0.3, 0.4) is 0 Å². The maximum absolute atomic E-state index is 12.4. The summed E-state index contributed by atoms with van der Waals surface area (Å²) in [5.74, 6) is 10.4. The molecule has 0 spiro atoms. The first-order valence-electron chi connectivity index (χ1n) is 40.3. The first kappa shape index (κ1) is 83.2. The third-order valence-electron chi connectivity index (χ3n) is 23.4. The molecule has 13 aromatic rings. The molecule has 596 valence electrons. The number of rotatable bonds is 20. The molecule has 0 radical (unpaired) electrons. The molecular weight excluding hydrogens is 1520 g/mol. The molecule has 1 amide bonds. The molecule has 4 unspecified atom stereocenters. The first-order chi connectivity index (χ1) is 54.7. The zero-order valence-corrected chi connectivity index (χ0v) is 71.9. The Morgan fingerprint density at radius 2 is 0.833 bits per heavy atom. The summed E-state index contributed by atoms with van der Waals surface area (Å²) < 4.78 is 29.4. The number of aromatic nitrogens is 8. The Hall–Kier alpha value is -8.77. The molecular formula is C95H109Cl4N11O3S. The summed E-state index contributed by atoms with van der Waals surface area (Å²) in [4.78, 5) is 33.7. The minimum absolute atomic E-state index is 0.195.